The molecule has 160 valence electrons. The Kier molecular flexibility index (Phi) is 3.98. The molecular formula is C23H16BrN3O4S. The lowest BCUT2D eigenvalue weighted by Gasteiger charge is -2.45. The number of halogens is 1. The summed E-state index contributed by atoms with van der Waals surface area (Å²) in [6, 6.07) is 12.3. The summed E-state index contributed by atoms with van der Waals surface area (Å²) >= 11 is 4.60. The molecule has 0 saturated carbocycles. The molecule has 2 bridgehead atoms. The number of rotatable bonds is 1. The Balaban J connectivity index is 1.72. The lowest BCUT2D eigenvalue weighted by atomic mass is 9.79. The lowest BCUT2D eigenvalue weighted by Crippen LogP contribution is -2.58. The van der Waals surface area contributed by atoms with Crippen LogP contribution >= 0.6 is 27.3 Å². The predicted molar refractivity (Wildman–Crippen MR) is 122 cm³/mol. The summed E-state index contributed by atoms with van der Waals surface area (Å²) in [6.07, 6.45) is 0. The molecule has 1 N–H and O–H groups in total. The van der Waals surface area contributed by atoms with E-state index in [4.69, 9.17) is 9.73 Å². The predicted octanol–water partition coefficient (Wildman–Crippen LogP) is 2.36. The van der Waals surface area contributed by atoms with Crippen molar-refractivity contribution in [2.24, 2.45) is 10.9 Å². The number of hydrogen-bond acceptors (Lipinski definition) is 6. The van der Waals surface area contributed by atoms with Crippen LogP contribution in [0.5, 0.6) is 5.75 Å². The Bertz CT molecular complexity index is 1560. The molecule has 0 saturated heterocycles. The first-order valence-corrected chi connectivity index (χ1v) is 11.6. The van der Waals surface area contributed by atoms with E-state index in [1.807, 2.05) is 36.4 Å². The average molecular weight is 510 g/mol. The van der Waals surface area contributed by atoms with E-state index in [0.29, 0.717) is 31.9 Å². The van der Waals surface area contributed by atoms with Crippen LogP contribution in [0.3, 0.4) is 0 Å². The van der Waals surface area contributed by atoms with Gasteiger partial charge in [0.25, 0.3) is 11.5 Å². The minimum absolute atomic E-state index is 0.110. The molecule has 0 unspecified atom stereocenters. The second kappa shape index (κ2) is 6.49. The summed E-state index contributed by atoms with van der Waals surface area (Å²) in [6.45, 7) is 3.27. The van der Waals surface area contributed by atoms with Crippen LogP contribution in [0.25, 0.3) is 5.57 Å². The van der Waals surface area contributed by atoms with Gasteiger partial charge in [0.1, 0.15) is 22.0 Å². The van der Waals surface area contributed by atoms with Gasteiger partial charge in [-0.15, -0.1) is 0 Å². The van der Waals surface area contributed by atoms with E-state index < -0.39 is 17.7 Å². The smallest absolute Gasteiger partial charge is 0.271 e. The maximum atomic E-state index is 13.8. The van der Waals surface area contributed by atoms with Gasteiger partial charge in [-0.05, 0) is 38.1 Å². The van der Waals surface area contributed by atoms with Crippen LogP contribution in [-0.4, -0.2) is 22.0 Å². The van der Waals surface area contributed by atoms with E-state index in [1.165, 1.54) is 6.92 Å². The minimum Gasteiger partial charge on any atom is -0.465 e. The van der Waals surface area contributed by atoms with Crippen LogP contribution in [0.15, 0.2) is 56.7 Å². The first kappa shape index (κ1) is 19.6. The molecule has 0 aliphatic carbocycles. The summed E-state index contributed by atoms with van der Waals surface area (Å²) < 4.78 is 8.87. The number of thiazole rings is 1. The number of anilines is 1. The molecule has 9 heteroatoms. The molecular weight excluding hydrogens is 494 g/mol. The summed E-state index contributed by atoms with van der Waals surface area (Å²) in [5.74, 6) is -0.495. The lowest BCUT2D eigenvalue weighted by molar-refractivity contribution is -0.132. The molecule has 6 rings (SSSR count). The van der Waals surface area contributed by atoms with Gasteiger partial charge in [-0.25, -0.2) is 4.99 Å². The molecule has 1 aromatic heterocycles. The third-order valence-electron chi connectivity index (χ3n) is 6.25. The van der Waals surface area contributed by atoms with Crippen LogP contribution < -0.4 is 24.9 Å². The van der Waals surface area contributed by atoms with Crippen molar-refractivity contribution in [1.29, 1.82) is 0 Å². The number of carbonyl (C=O) groups excluding carboxylic acids is 2. The molecule has 0 fully saturated rings. The second-order valence-corrected chi connectivity index (χ2v) is 10.1. The van der Waals surface area contributed by atoms with Gasteiger partial charge in [0, 0.05) is 21.3 Å². The number of fused-ring (bicyclic) bond motifs is 7. The third-order valence-corrected chi connectivity index (χ3v) is 7.79. The van der Waals surface area contributed by atoms with Crippen LogP contribution in [0.2, 0.25) is 0 Å². The van der Waals surface area contributed by atoms with Crippen molar-refractivity contribution in [3.05, 3.63) is 77.8 Å². The summed E-state index contributed by atoms with van der Waals surface area (Å²) in [4.78, 5) is 44.5. The molecule has 7 nitrogen and oxygen atoms in total. The van der Waals surface area contributed by atoms with Gasteiger partial charge in [-0.1, -0.05) is 45.5 Å². The Hall–Kier alpha value is -3.04. The Morgan fingerprint density at radius 2 is 2.03 bits per heavy atom. The number of para-hydroxylation sites is 1. The zero-order valence-electron chi connectivity index (χ0n) is 17.0. The normalized spacial score (nSPS) is 26.3. The van der Waals surface area contributed by atoms with E-state index >= 15 is 0 Å². The van der Waals surface area contributed by atoms with Gasteiger partial charge < -0.3 is 10.1 Å². The van der Waals surface area contributed by atoms with Crippen molar-refractivity contribution >= 4 is 50.2 Å². The second-order valence-electron chi connectivity index (χ2n) is 8.25. The SMILES string of the molecule is CC(=O)[C@H]1[C@H]2c3ccccc3O[C@@]1(C)N=c1s/c(=C3/C(=O)Nc4ccc(Br)cc43)c(=O)n12. The standard InChI is InChI=1S/C23H16BrN3O4S/c1-10(28)17-18-12-5-3-4-6-15(12)31-23(17,2)26-22-27(18)21(30)19(32-22)16-13-9-11(24)7-8-14(13)25-20(16)29/h3-9,17-18H,1-2H3,(H,25,29)/b19-16+/t17-,18+,23+/m0/s1. The van der Waals surface area contributed by atoms with Gasteiger partial charge in [-0.2, -0.15) is 0 Å². The zero-order valence-corrected chi connectivity index (χ0v) is 19.4. The zero-order chi connectivity index (χ0) is 22.4. The first-order valence-electron chi connectivity index (χ1n) is 10.0. The topological polar surface area (TPSA) is 89.8 Å². The number of ketones is 1. The Labute approximate surface area is 194 Å². The van der Waals surface area contributed by atoms with Crippen molar-refractivity contribution in [3.8, 4) is 5.75 Å². The van der Waals surface area contributed by atoms with E-state index in [1.54, 1.807) is 17.6 Å². The van der Waals surface area contributed by atoms with Crippen molar-refractivity contribution < 1.29 is 14.3 Å². The van der Waals surface area contributed by atoms with Crippen molar-refractivity contribution in [3.63, 3.8) is 0 Å². The van der Waals surface area contributed by atoms with E-state index in [-0.39, 0.29) is 17.2 Å². The van der Waals surface area contributed by atoms with Crippen LogP contribution in [0.4, 0.5) is 5.69 Å². The van der Waals surface area contributed by atoms with Crippen molar-refractivity contribution in [1.82, 2.24) is 4.57 Å². The molecule has 1 amide bonds. The molecule has 3 atom stereocenters. The number of amides is 1. The maximum Gasteiger partial charge on any atom is 0.271 e. The minimum atomic E-state index is -1.14. The van der Waals surface area contributed by atoms with Gasteiger partial charge in [0.15, 0.2) is 4.80 Å². The highest BCUT2D eigenvalue weighted by Gasteiger charge is 2.53. The number of carbonyl (C=O) groups is 2. The maximum absolute atomic E-state index is 13.8. The van der Waals surface area contributed by atoms with Crippen LogP contribution in [0, 0.1) is 5.92 Å². The summed E-state index contributed by atoms with van der Waals surface area (Å²) in [5, 5.41) is 2.83. The van der Waals surface area contributed by atoms with Gasteiger partial charge in [0.2, 0.25) is 5.72 Å². The number of Topliss-reactive ketones (excluding diaryl/α,β-unsaturated/α-hetero) is 1. The fourth-order valence-corrected chi connectivity index (χ4v) is 6.53. The molecule has 32 heavy (non-hydrogen) atoms. The Morgan fingerprint density at radius 1 is 1.25 bits per heavy atom. The number of hydrogen-bond donors (Lipinski definition) is 1. The number of aromatic nitrogens is 1. The monoisotopic (exact) mass is 509 g/mol. The van der Waals surface area contributed by atoms with E-state index in [9.17, 15) is 14.4 Å². The number of nitrogens with one attached hydrogen (secondary N) is 1. The van der Waals surface area contributed by atoms with Gasteiger partial charge in [0.05, 0.1) is 11.6 Å². The Morgan fingerprint density at radius 3 is 2.81 bits per heavy atom. The van der Waals surface area contributed by atoms with E-state index in [0.717, 1.165) is 21.4 Å². The van der Waals surface area contributed by atoms with Gasteiger partial charge >= 0.3 is 0 Å². The van der Waals surface area contributed by atoms with E-state index in [2.05, 4.69) is 21.2 Å². The molecule has 3 aliphatic rings. The number of nitrogens with zero attached hydrogens (tertiary/aromatic N) is 2. The molecule has 0 spiro atoms. The molecule has 3 aliphatic heterocycles. The van der Waals surface area contributed by atoms with Crippen molar-refractivity contribution in [2.45, 2.75) is 25.6 Å². The molecule has 3 aromatic rings. The quantitative estimate of drug-likeness (QED) is 0.545. The largest absolute Gasteiger partial charge is 0.465 e. The molecule has 4 heterocycles. The fraction of sp³-hybridized carbons (Fsp3) is 0.217. The third kappa shape index (κ3) is 2.52. The molecule has 2 aromatic carbocycles. The van der Waals surface area contributed by atoms with Crippen molar-refractivity contribution in [2.75, 3.05) is 5.32 Å². The highest BCUT2D eigenvalue weighted by molar-refractivity contribution is 9.10. The number of benzene rings is 2. The summed E-state index contributed by atoms with van der Waals surface area (Å²) in [5.41, 5.74) is 0.930. The van der Waals surface area contributed by atoms with Crippen LogP contribution in [-0.2, 0) is 9.59 Å². The fourth-order valence-electron chi connectivity index (χ4n) is 4.97. The van der Waals surface area contributed by atoms with Crippen LogP contribution in [0.1, 0.15) is 31.0 Å². The first-order chi connectivity index (χ1) is 15.3. The molecule has 0 radical (unpaired) electrons. The number of ether oxygens (including phenoxy) is 1. The highest BCUT2D eigenvalue weighted by atomic mass is 79.9. The highest BCUT2D eigenvalue weighted by Crippen LogP contribution is 2.47. The summed E-state index contributed by atoms with van der Waals surface area (Å²) in [7, 11) is 0. The van der Waals surface area contributed by atoms with Gasteiger partial charge in [-0.3, -0.25) is 19.0 Å². The average Bonchev–Trinajstić information content (AvgIpc) is 3.21.